The maximum Gasteiger partial charge on any atom is 0.416 e. The molecule has 0 fully saturated rings. The number of hydrogen-bond donors (Lipinski definition) is 2. The Hall–Kier alpha value is -3.49. The van der Waals surface area contributed by atoms with Gasteiger partial charge >= 0.3 is 6.18 Å². The summed E-state index contributed by atoms with van der Waals surface area (Å²) in [5.74, 6) is -0.475. The molecule has 0 radical (unpaired) electrons. The third-order valence-electron chi connectivity index (χ3n) is 3.58. The number of aryl methyl sites for hydroxylation is 1. The van der Waals surface area contributed by atoms with Gasteiger partial charge in [0.25, 0.3) is 11.5 Å². The molecule has 0 aliphatic heterocycles. The second-order valence-corrected chi connectivity index (χ2v) is 5.70. The average Bonchev–Trinajstić information content (AvgIpc) is 2.60. The van der Waals surface area contributed by atoms with Crippen LogP contribution >= 0.6 is 0 Å². The molecular weight excluding hydrogens is 361 g/mol. The first kappa shape index (κ1) is 18.3. The van der Waals surface area contributed by atoms with Crippen LogP contribution in [0.4, 0.5) is 18.9 Å². The molecule has 2 aromatic heterocycles. The van der Waals surface area contributed by atoms with E-state index in [1.165, 1.54) is 6.07 Å². The molecule has 3 rings (SSSR count). The third kappa shape index (κ3) is 4.38. The van der Waals surface area contributed by atoms with E-state index in [4.69, 9.17) is 0 Å². The van der Waals surface area contributed by atoms with Crippen molar-refractivity contribution >= 4 is 11.6 Å². The van der Waals surface area contributed by atoms with E-state index in [0.29, 0.717) is 28.8 Å². The number of H-pyrrole nitrogens is 1. The SMILES string of the molecule is Cc1cc(=O)[nH]c(-c2cccc(NC(=O)c3cc(C(F)(F)F)ccn3)c2)n1. The number of aromatic nitrogens is 3. The number of pyridine rings is 1. The third-order valence-corrected chi connectivity index (χ3v) is 3.58. The first-order valence-electron chi connectivity index (χ1n) is 7.75. The Morgan fingerprint density at radius 3 is 2.63 bits per heavy atom. The first-order valence-corrected chi connectivity index (χ1v) is 7.75. The Kier molecular flexibility index (Phi) is 4.76. The standard InChI is InChI=1S/C18H13F3N4O2/c1-10-7-15(26)25-16(23-10)11-3-2-4-13(8-11)24-17(27)14-9-12(5-6-22-14)18(19,20)21/h2-9H,1H3,(H,24,27)(H,23,25,26). The molecule has 1 amide bonds. The number of rotatable bonds is 3. The van der Waals surface area contributed by atoms with Crippen LogP contribution < -0.4 is 10.9 Å². The summed E-state index contributed by atoms with van der Waals surface area (Å²) in [7, 11) is 0. The molecule has 0 saturated heterocycles. The van der Waals surface area contributed by atoms with Crippen LogP contribution in [-0.2, 0) is 6.18 Å². The lowest BCUT2D eigenvalue weighted by atomic mass is 10.1. The van der Waals surface area contributed by atoms with Gasteiger partial charge < -0.3 is 10.3 Å². The Labute approximate surface area is 151 Å². The van der Waals surface area contributed by atoms with Crippen LogP contribution in [0.25, 0.3) is 11.4 Å². The van der Waals surface area contributed by atoms with E-state index in [1.807, 2.05) is 0 Å². The van der Waals surface area contributed by atoms with Gasteiger partial charge in [0.1, 0.15) is 11.5 Å². The number of aromatic amines is 1. The maximum atomic E-state index is 12.8. The number of halogens is 3. The molecule has 6 nitrogen and oxygen atoms in total. The van der Waals surface area contributed by atoms with E-state index in [-0.39, 0.29) is 11.3 Å². The summed E-state index contributed by atoms with van der Waals surface area (Å²) in [4.78, 5) is 34.3. The number of amides is 1. The molecule has 0 atom stereocenters. The lowest BCUT2D eigenvalue weighted by Gasteiger charge is -2.09. The van der Waals surface area contributed by atoms with Crippen molar-refractivity contribution in [3.8, 4) is 11.4 Å². The molecule has 9 heteroatoms. The molecule has 2 N–H and O–H groups in total. The Balaban J connectivity index is 1.86. The van der Waals surface area contributed by atoms with Crippen LogP contribution in [0.5, 0.6) is 0 Å². The summed E-state index contributed by atoms with van der Waals surface area (Å²) in [6, 6.07) is 9.21. The van der Waals surface area contributed by atoms with E-state index in [9.17, 15) is 22.8 Å². The fraction of sp³-hybridized carbons (Fsp3) is 0.111. The first-order chi connectivity index (χ1) is 12.7. The highest BCUT2D eigenvalue weighted by Gasteiger charge is 2.31. The molecule has 0 aliphatic rings. The molecule has 0 bridgehead atoms. The summed E-state index contributed by atoms with van der Waals surface area (Å²) < 4.78 is 38.3. The normalized spacial score (nSPS) is 11.3. The summed E-state index contributed by atoms with van der Waals surface area (Å²) in [5.41, 5.74) is -0.266. The maximum absolute atomic E-state index is 12.8. The highest BCUT2D eigenvalue weighted by Crippen LogP contribution is 2.29. The molecule has 0 spiro atoms. The fourth-order valence-corrected chi connectivity index (χ4v) is 2.39. The molecule has 2 heterocycles. The minimum atomic E-state index is -4.57. The van der Waals surface area contributed by atoms with Crippen LogP contribution in [0.15, 0.2) is 53.5 Å². The number of nitrogens with one attached hydrogen (secondary N) is 2. The number of nitrogens with zero attached hydrogens (tertiary/aromatic N) is 2. The van der Waals surface area contributed by atoms with Gasteiger partial charge in [-0.15, -0.1) is 0 Å². The zero-order valence-electron chi connectivity index (χ0n) is 14.0. The lowest BCUT2D eigenvalue weighted by Crippen LogP contribution is -2.15. The highest BCUT2D eigenvalue weighted by molar-refractivity contribution is 6.03. The molecule has 27 heavy (non-hydrogen) atoms. The van der Waals surface area contributed by atoms with Gasteiger partial charge in [-0.2, -0.15) is 13.2 Å². The van der Waals surface area contributed by atoms with Gasteiger partial charge in [-0.3, -0.25) is 14.6 Å². The van der Waals surface area contributed by atoms with Crippen molar-refractivity contribution in [2.45, 2.75) is 13.1 Å². The predicted molar refractivity (Wildman–Crippen MR) is 92.2 cm³/mol. The molecule has 0 unspecified atom stereocenters. The van der Waals surface area contributed by atoms with Crippen molar-refractivity contribution in [2.24, 2.45) is 0 Å². The minimum Gasteiger partial charge on any atom is -0.321 e. The van der Waals surface area contributed by atoms with Gasteiger partial charge in [-0.1, -0.05) is 12.1 Å². The Morgan fingerprint density at radius 2 is 1.93 bits per heavy atom. The van der Waals surface area contributed by atoms with Crippen LogP contribution in [0.3, 0.4) is 0 Å². The highest BCUT2D eigenvalue weighted by atomic mass is 19.4. The number of hydrogen-bond acceptors (Lipinski definition) is 4. The van der Waals surface area contributed by atoms with Gasteiger partial charge in [0.2, 0.25) is 0 Å². The summed E-state index contributed by atoms with van der Waals surface area (Å²) in [6.45, 7) is 1.67. The number of alkyl halides is 3. The van der Waals surface area contributed by atoms with Gasteiger partial charge in [-0.05, 0) is 31.2 Å². The van der Waals surface area contributed by atoms with Gasteiger partial charge in [0.05, 0.1) is 5.56 Å². The largest absolute Gasteiger partial charge is 0.416 e. The second-order valence-electron chi connectivity index (χ2n) is 5.70. The summed E-state index contributed by atoms with van der Waals surface area (Å²) in [6.07, 6.45) is -3.64. The van der Waals surface area contributed by atoms with Crippen LogP contribution in [0, 0.1) is 6.92 Å². The average molecular weight is 374 g/mol. The monoisotopic (exact) mass is 374 g/mol. The van der Waals surface area contributed by atoms with Crippen molar-refractivity contribution in [2.75, 3.05) is 5.32 Å². The smallest absolute Gasteiger partial charge is 0.321 e. The summed E-state index contributed by atoms with van der Waals surface area (Å²) in [5, 5.41) is 2.49. The van der Waals surface area contributed by atoms with Crippen molar-refractivity contribution in [3.63, 3.8) is 0 Å². The molecule has 0 aliphatic carbocycles. The molecule has 138 valence electrons. The number of benzene rings is 1. The molecule has 1 aromatic carbocycles. The Bertz CT molecular complexity index is 1060. The Morgan fingerprint density at radius 1 is 1.15 bits per heavy atom. The van der Waals surface area contributed by atoms with Crippen molar-refractivity contribution < 1.29 is 18.0 Å². The van der Waals surface area contributed by atoms with Crippen molar-refractivity contribution in [1.29, 1.82) is 0 Å². The minimum absolute atomic E-state index is 0.313. The number of anilines is 1. The van der Waals surface area contributed by atoms with Crippen LogP contribution in [0.1, 0.15) is 21.7 Å². The lowest BCUT2D eigenvalue weighted by molar-refractivity contribution is -0.137. The van der Waals surface area contributed by atoms with E-state index in [1.54, 1.807) is 31.2 Å². The van der Waals surface area contributed by atoms with Gasteiger partial charge in [-0.25, -0.2) is 4.98 Å². The topological polar surface area (TPSA) is 87.7 Å². The second kappa shape index (κ2) is 7.02. The van der Waals surface area contributed by atoms with Crippen LogP contribution in [0.2, 0.25) is 0 Å². The van der Waals surface area contributed by atoms with Crippen LogP contribution in [-0.4, -0.2) is 20.9 Å². The van der Waals surface area contributed by atoms with E-state index in [2.05, 4.69) is 20.3 Å². The number of carbonyl (C=O) groups is 1. The van der Waals surface area contributed by atoms with Gasteiger partial charge in [0, 0.05) is 29.2 Å². The zero-order chi connectivity index (χ0) is 19.6. The molecule has 3 aromatic rings. The van der Waals surface area contributed by atoms with E-state index >= 15 is 0 Å². The molecular formula is C18H13F3N4O2. The summed E-state index contributed by atoms with van der Waals surface area (Å²) >= 11 is 0. The fourth-order valence-electron chi connectivity index (χ4n) is 2.39. The number of carbonyl (C=O) groups excluding carboxylic acids is 1. The molecule has 0 saturated carbocycles. The van der Waals surface area contributed by atoms with Crippen molar-refractivity contribution in [3.05, 3.63) is 76.0 Å². The predicted octanol–water partition coefficient (Wildman–Crippen LogP) is 3.41. The zero-order valence-corrected chi connectivity index (χ0v) is 14.0. The van der Waals surface area contributed by atoms with Crippen molar-refractivity contribution in [1.82, 2.24) is 15.0 Å². The van der Waals surface area contributed by atoms with E-state index in [0.717, 1.165) is 12.3 Å². The van der Waals surface area contributed by atoms with E-state index < -0.39 is 17.6 Å². The quantitative estimate of drug-likeness (QED) is 0.735. The van der Waals surface area contributed by atoms with Gasteiger partial charge in [0.15, 0.2) is 0 Å².